The van der Waals surface area contributed by atoms with Crippen LogP contribution in [0.3, 0.4) is 0 Å². The van der Waals surface area contributed by atoms with Gasteiger partial charge in [0.05, 0.1) is 17.5 Å². The summed E-state index contributed by atoms with van der Waals surface area (Å²) in [6, 6.07) is 5.03. The summed E-state index contributed by atoms with van der Waals surface area (Å²) in [5.41, 5.74) is 1.63. The normalized spacial score (nSPS) is 25.0. The molecular weight excluding hydrogens is 412 g/mol. The topological polar surface area (TPSA) is 104 Å². The van der Waals surface area contributed by atoms with Gasteiger partial charge in [-0.3, -0.25) is 9.59 Å². The van der Waals surface area contributed by atoms with Crippen molar-refractivity contribution in [1.82, 2.24) is 0 Å². The van der Waals surface area contributed by atoms with Crippen LogP contribution in [0, 0.1) is 6.92 Å². The first-order valence-electron chi connectivity index (χ1n) is 8.42. The number of nitrogens with zero attached hydrogens (tertiary/aromatic N) is 2. The molecule has 2 aliphatic rings. The van der Waals surface area contributed by atoms with Crippen molar-refractivity contribution in [1.29, 1.82) is 0 Å². The van der Waals surface area contributed by atoms with Crippen molar-refractivity contribution in [3.05, 3.63) is 28.8 Å². The lowest BCUT2D eigenvalue weighted by Gasteiger charge is -2.26. The van der Waals surface area contributed by atoms with E-state index in [1.165, 1.54) is 11.8 Å². The summed E-state index contributed by atoms with van der Waals surface area (Å²) in [6.07, 6.45) is 0.156. The minimum atomic E-state index is -3.15. The third-order valence-electron chi connectivity index (χ3n) is 4.50. The molecule has 146 valence electrons. The summed E-state index contributed by atoms with van der Waals surface area (Å²) < 4.78 is 24.2. The van der Waals surface area contributed by atoms with Crippen molar-refractivity contribution in [2.24, 2.45) is 4.99 Å². The molecule has 10 heteroatoms. The molecule has 2 atom stereocenters. The second kappa shape index (κ2) is 7.81. The van der Waals surface area contributed by atoms with Gasteiger partial charge >= 0.3 is 5.97 Å². The Kier molecular flexibility index (Phi) is 5.83. The summed E-state index contributed by atoms with van der Waals surface area (Å²) in [5, 5.41) is 9.45. The summed E-state index contributed by atoms with van der Waals surface area (Å²) in [5.74, 6) is -1.32. The number of sulfone groups is 1. The number of carboxylic acid groups (broad SMARTS) is 1. The van der Waals surface area contributed by atoms with Gasteiger partial charge in [0.25, 0.3) is 0 Å². The maximum atomic E-state index is 12.2. The molecule has 27 heavy (non-hydrogen) atoms. The Hall–Kier alpha value is -1.58. The number of hydrogen-bond donors (Lipinski definition) is 1. The summed E-state index contributed by atoms with van der Waals surface area (Å²) >= 11 is 7.42. The van der Waals surface area contributed by atoms with Gasteiger partial charge in [0.1, 0.15) is 0 Å². The molecule has 2 heterocycles. The van der Waals surface area contributed by atoms with E-state index in [4.69, 9.17) is 16.7 Å². The van der Waals surface area contributed by atoms with Crippen LogP contribution in [0.4, 0.5) is 5.69 Å². The van der Waals surface area contributed by atoms with Crippen LogP contribution in [0.25, 0.3) is 0 Å². The van der Waals surface area contributed by atoms with Crippen LogP contribution < -0.4 is 4.90 Å². The smallest absolute Gasteiger partial charge is 0.303 e. The zero-order valence-electron chi connectivity index (χ0n) is 14.6. The number of anilines is 1. The average Bonchev–Trinajstić information content (AvgIpc) is 3.00. The van der Waals surface area contributed by atoms with Gasteiger partial charge in [-0.25, -0.2) is 8.42 Å². The average molecular weight is 431 g/mol. The van der Waals surface area contributed by atoms with Crippen LogP contribution in [0.1, 0.15) is 24.8 Å². The number of aryl methyl sites for hydroxylation is 1. The molecule has 0 aromatic heterocycles. The Balaban J connectivity index is 1.91. The molecule has 1 amide bonds. The number of aliphatic imine (C=N–C) groups is 1. The second-order valence-electron chi connectivity index (χ2n) is 6.64. The molecule has 2 aliphatic heterocycles. The number of carbonyl (C=O) groups excluding carboxylic acids is 1. The maximum Gasteiger partial charge on any atom is 0.303 e. The lowest BCUT2D eigenvalue weighted by Crippen LogP contribution is -2.38. The molecule has 2 saturated heterocycles. The summed E-state index contributed by atoms with van der Waals surface area (Å²) in [7, 11) is -3.15. The first-order valence-corrected chi connectivity index (χ1v) is 11.5. The van der Waals surface area contributed by atoms with Gasteiger partial charge in [-0.2, -0.15) is 4.99 Å². The number of hydrogen-bond acceptors (Lipinski definition) is 5. The van der Waals surface area contributed by atoms with E-state index in [9.17, 15) is 18.0 Å². The van der Waals surface area contributed by atoms with Crippen molar-refractivity contribution in [3.63, 3.8) is 0 Å². The second-order valence-corrected chi connectivity index (χ2v) is 10.4. The molecule has 0 saturated carbocycles. The number of amidine groups is 1. The third-order valence-corrected chi connectivity index (χ3v) is 7.94. The van der Waals surface area contributed by atoms with E-state index >= 15 is 0 Å². The minimum Gasteiger partial charge on any atom is -0.481 e. The van der Waals surface area contributed by atoms with Crippen molar-refractivity contribution in [2.75, 3.05) is 16.4 Å². The van der Waals surface area contributed by atoms with E-state index in [1.807, 2.05) is 13.0 Å². The minimum absolute atomic E-state index is 0.00282. The molecule has 7 nitrogen and oxygen atoms in total. The van der Waals surface area contributed by atoms with Crippen LogP contribution in [-0.2, 0) is 19.4 Å². The molecule has 0 spiro atoms. The monoisotopic (exact) mass is 430 g/mol. The van der Waals surface area contributed by atoms with Crippen molar-refractivity contribution in [3.8, 4) is 0 Å². The van der Waals surface area contributed by atoms with Gasteiger partial charge in [0, 0.05) is 28.8 Å². The van der Waals surface area contributed by atoms with Gasteiger partial charge in [0.15, 0.2) is 15.0 Å². The molecule has 1 aromatic carbocycles. The molecule has 0 radical (unpaired) electrons. The molecule has 3 rings (SSSR count). The highest BCUT2D eigenvalue weighted by atomic mass is 35.5. The zero-order valence-corrected chi connectivity index (χ0v) is 17.0. The number of fused-ring (bicyclic) bond motifs is 1. The largest absolute Gasteiger partial charge is 0.481 e. The van der Waals surface area contributed by atoms with Crippen LogP contribution in [0.2, 0.25) is 5.02 Å². The molecule has 0 aliphatic carbocycles. The Morgan fingerprint density at radius 3 is 2.78 bits per heavy atom. The van der Waals surface area contributed by atoms with Gasteiger partial charge < -0.3 is 10.0 Å². The Morgan fingerprint density at radius 2 is 2.07 bits per heavy atom. The lowest BCUT2D eigenvalue weighted by molar-refractivity contribution is -0.137. The maximum absolute atomic E-state index is 12.2. The number of carboxylic acids is 1. The van der Waals surface area contributed by atoms with Gasteiger partial charge in [-0.05, 0) is 31.0 Å². The Bertz CT molecular complexity index is 916. The van der Waals surface area contributed by atoms with E-state index in [-0.39, 0.29) is 42.1 Å². The fourth-order valence-corrected chi connectivity index (χ4v) is 7.33. The van der Waals surface area contributed by atoms with Gasteiger partial charge in [-0.15, -0.1) is 0 Å². The molecular formula is C17H19ClN2O5S2. The van der Waals surface area contributed by atoms with Crippen molar-refractivity contribution in [2.45, 2.75) is 37.5 Å². The lowest BCUT2D eigenvalue weighted by atomic mass is 10.1. The fourth-order valence-electron chi connectivity index (χ4n) is 3.24. The molecule has 1 aromatic rings. The van der Waals surface area contributed by atoms with Crippen LogP contribution >= 0.6 is 23.4 Å². The number of thioether (sulfide) groups is 1. The standard InChI is InChI=1S/C17H19ClN2O5S2/c1-10-5-6-11(18)7-12(10)20-13-8-27(24,25)9-14(13)26-17(20)19-15(21)3-2-4-16(22)23/h5-7,13-14H,2-4,8-9H2,1H3,(H,22,23). The van der Waals surface area contributed by atoms with Crippen molar-refractivity contribution < 1.29 is 23.1 Å². The Labute approximate surface area is 166 Å². The van der Waals surface area contributed by atoms with Crippen LogP contribution in [0.5, 0.6) is 0 Å². The quantitative estimate of drug-likeness (QED) is 0.765. The van der Waals surface area contributed by atoms with Crippen molar-refractivity contribution >= 4 is 55.9 Å². The highest BCUT2D eigenvalue weighted by molar-refractivity contribution is 8.16. The van der Waals surface area contributed by atoms with Gasteiger partial charge in [-0.1, -0.05) is 29.4 Å². The van der Waals surface area contributed by atoms with Crippen LogP contribution in [0.15, 0.2) is 23.2 Å². The Morgan fingerprint density at radius 1 is 1.33 bits per heavy atom. The predicted octanol–water partition coefficient (Wildman–Crippen LogP) is 2.50. The number of rotatable bonds is 5. The summed E-state index contributed by atoms with van der Waals surface area (Å²) in [6.45, 7) is 1.89. The van der Waals surface area contributed by atoms with Gasteiger partial charge in [0.2, 0.25) is 5.91 Å². The fraction of sp³-hybridized carbons (Fsp3) is 0.471. The third kappa shape index (κ3) is 4.64. The first kappa shape index (κ1) is 20.2. The highest BCUT2D eigenvalue weighted by Gasteiger charge is 2.49. The van der Waals surface area contributed by atoms with E-state index in [1.54, 1.807) is 17.0 Å². The number of aliphatic carboxylic acids is 1. The van der Waals surface area contributed by atoms with E-state index < -0.39 is 21.7 Å². The van der Waals surface area contributed by atoms with E-state index in [0.717, 1.165) is 11.3 Å². The van der Waals surface area contributed by atoms with E-state index in [0.29, 0.717) is 10.2 Å². The number of carbonyl (C=O) groups is 2. The van der Waals surface area contributed by atoms with E-state index in [2.05, 4.69) is 4.99 Å². The molecule has 0 bridgehead atoms. The number of benzene rings is 1. The SMILES string of the molecule is Cc1ccc(Cl)cc1N1C(=NC(=O)CCCC(=O)O)SC2CS(=O)(=O)CC21. The zero-order chi connectivity index (χ0) is 19.8. The molecule has 2 fully saturated rings. The molecule has 2 unspecified atom stereocenters. The number of halogens is 1. The predicted molar refractivity (Wildman–Crippen MR) is 106 cm³/mol. The molecule has 1 N–H and O–H groups in total. The number of amides is 1. The van der Waals surface area contributed by atoms with Crippen LogP contribution in [-0.4, -0.2) is 53.4 Å². The summed E-state index contributed by atoms with van der Waals surface area (Å²) in [4.78, 5) is 28.8. The highest BCUT2D eigenvalue weighted by Crippen LogP contribution is 2.42. The first-order chi connectivity index (χ1) is 12.7.